The molecule has 2 N–H and O–H groups in total. The first-order valence-corrected chi connectivity index (χ1v) is 8.18. The van der Waals surface area contributed by atoms with Crippen LogP contribution in [-0.4, -0.2) is 41.4 Å². The zero-order valence-corrected chi connectivity index (χ0v) is 15.6. The van der Waals surface area contributed by atoms with Gasteiger partial charge >= 0.3 is 18.0 Å². The summed E-state index contributed by atoms with van der Waals surface area (Å²) in [6.45, 7) is 8.44. The Morgan fingerprint density at radius 1 is 1.19 bits per heavy atom. The molecular weight excluding hydrogens is 342 g/mol. The van der Waals surface area contributed by atoms with Crippen molar-refractivity contribution in [2.75, 3.05) is 6.61 Å². The van der Waals surface area contributed by atoms with Gasteiger partial charge in [-0.05, 0) is 45.4 Å². The highest BCUT2D eigenvalue weighted by molar-refractivity contribution is 5.80. The van der Waals surface area contributed by atoms with E-state index in [4.69, 9.17) is 14.2 Å². The molecule has 144 valence electrons. The van der Waals surface area contributed by atoms with Gasteiger partial charge in [0.25, 0.3) is 0 Å². The molecule has 0 aliphatic heterocycles. The number of hydrogen-bond acceptors (Lipinski definition) is 6. The van der Waals surface area contributed by atoms with Crippen molar-refractivity contribution >= 4 is 18.0 Å². The van der Waals surface area contributed by atoms with Crippen molar-refractivity contribution in [1.29, 1.82) is 0 Å². The number of hydrogen-bond donors (Lipinski definition) is 2. The fourth-order valence-electron chi connectivity index (χ4n) is 2.07. The molecule has 1 aromatic rings. The summed E-state index contributed by atoms with van der Waals surface area (Å²) in [4.78, 5) is 34.4. The molecule has 0 spiro atoms. The van der Waals surface area contributed by atoms with Crippen LogP contribution < -0.4 is 14.8 Å². The normalized spacial score (nSPS) is 12.0. The molecule has 1 atom stereocenters. The molecule has 1 rings (SSSR count). The number of benzene rings is 1. The van der Waals surface area contributed by atoms with E-state index >= 15 is 0 Å². The first-order chi connectivity index (χ1) is 12.0. The third-order valence-corrected chi connectivity index (χ3v) is 2.99. The van der Waals surface area contributed by atoms with Crippen LogP contribution in [0.15, 0.2) is 18.2 Å². The lowest BCUT2D eigenvalue weighted by molar-refractivity contribution is -0.139. The zero-order chi connectivity index (χ0) is 19.9. The van der Waals surface area contributed by atoms with Gasteiger partial charge in [0.05, 0.1) is 6.61 Å². The average molecular weight is 367 g/mol. The van der Waals surface area contributed by atoms with E-state index in [1.54, 1.807) is 39.8 Å². The van der Waals surface area contributed by atoms with Crippen LogP contribution in [0.2, 0.25) is 0 Å². The van der Waals surface area contributed by atoms with E-state index < -0.39 is 29.7 Å². The number of amides is 1. The van der Waals surface area contributed by atoms with E-state index in [1.165, 1.54) is 13.0 Å². The van der Waals surface area contributed by atoms with Crippen LogP contribution in [0.4, 0.5) is 4.79 Å². The fraction of sp³-hybridized carbons (Fsp3) is 0.500. The molecule has 1 aromatic carbocycles. The van der Waals surface area contributed by atoms with Crippen molar-refractivity contribution in [3.8, 4) is 11.5 Å². The number of carbonyl (C=O) groups is 3. The second-order valence-electron chi connectivity index (χ2n) is 6.55. The molecule has 0 heterocycles. The Hall–Kier alpha value is -2.77. The number of carboxylic acid groups (broad SMARTS) is 1. The van der Waals surface area contributed by atoms with Crippen molar-refractivity contribution < 1.29 is 33.7 Å². The summed E-state index contributed by atoms with van der Waals surface area (Å²) in [5, 5.41) is 11.7. The first-order valence-electron chi connectivity index (χ1n) is 8.18. The van der Waals surface area contributed by atoms with Gasteiger partial charge in [0.2, 0.25) is 0 Å². The monoisotopic (exact) mass is 367 g/mol. The van der Waals surface area contributed by atoms with Crippen molar-refractivity contribution in [3.05, 3.63) is 23.8 Å². The maximum atomic E-state index is 11.8. The van der Waals surface area contributed by atoms with Crippen molar-refractivity contribution in [2.24, 2.45) is 0 Å². The van der Waals surface area contributed by atoms with Crippen LogP contribution in [-0.2, 0) is 20.7 Å². The summed E-state index contributed by atoms with van der Waals surface area (Å²) < 4.78 is 15.6. The highest BCUT2D eigenvalue weighted by Gasteiger charge is 2.24. The van der Waals surface area contributed by atoms with Crippen molar-refractivity contribution in [1.82, 2.24) is 5.32 Å². The molecule has 26 heavy (non-hydrogen) atoms. The number of nitrogens with one attached hydrogen (secondary N) is 1. The van der Waals surface area contributed by atoms with Gasteiger partial charge in [0, 0.05) is 13.3 Å². The van der Waals surface area contributed by atoms with E-state index in [-0.39, 0.29) is 12.2 Å². The molecule has 0 bridgehead atoms. The minimum absolute atomic E-state index is 0.00893. The number of carbonyl (C=O) groups excluding carboxylic acids is 2. The van der Waals surface area contributed by atoms with Crippen LogP contribution in [0.1, 0.15) is 40.2 Å². The summed E-state index contributed by atoms with van der Waals surface area (Å²) in [5.41, 5.74) is -0.145. The van der Waals surface area contributed by atoms with Crippen LogP contribution in [0.25, 0.3) is 0 Å². The second kappa shape index (κ2) is 9.07. The molecule has 0 saturated heterocycles. The van der Waals surface area contributed by atoms with E-state index in [9.17, 15) is 19.5 Å². The Morgan fingerprint density at radius 2 is 1.85 bits per heavy atom. The van der Waals surface area contributed by atoms with Crippen molar-refractivity contribution in [3.63, 3.8) is 0 Å². The molecule has 0 radical (unpaired) electrons. The van der Waals surface area contributed by atoms with Crippen LogP contribution in [0.3, 0.4) is 0 Å². The first kappa shape index (κ1) is 21.3. The molecule has 0 saturated carbocycles. The second-order valence-corrected chi connectivity index (χ2v) is 6.55. The maximum absolute atomic E-state index is 11.8. The molecule has 0 aromatic heterocycles. The van der Waals surface area contributed by atoms with Gasteiger partial charge in [0.15, 0.2) is 11.5 Å². The van der Waals surface area contributed by atoms with Gasteiger partial charge in [-0.3, -0.25) is 4.79 Å². The molecule has 0 aliphatic rings. The van der Waals surface area contributed by atoms with Gasteiger partial charge in [-0.15, -0.1) is 0 Å². The predicted octanol–water partition coefficient (Wildman–Crippen LogP) is 2.53. The van der Waals surface area contributed by atoms with E-state index in [0.29, 0.717) is 17.9 Å². The molecular formula is C18H25NO7. The summed E-state index contributed by atoms with van der Waals surface area (Å²) in [6.07, 6.45) is -0.805. The van der Waals surface area contributed by atoms with Gasteiger partial charge in [-0.1, -0.05) is 6.07 Å². The lowest BCUT2D eigenvalue weighted by atomic mass is 10.1. The van der Waals surface area contributed by atoms with Gasteiger partial charge in [-0.2, -0.15) is 0 Å². The number of alkyl carbamates (subject to hydrolysis) is 1. The van der Waals surface area contributed by atoms with Crippen molar-refractivity contribution in [2.45, 2.75) is 52.7 Å². The Morgan fingerprint density at radius 3 is 2.35 bits per heavy atom. The highest BCUT2D eigenvalue weighted by Crippen LogP contribution is 2.29. The maximum Gasteiger partial charge on any atom is 0.408 e. The summed E-state index contributed by atoms with van der Waals surface area (Å²) in [5.74, 6) is -1.12. The summed E-state index contributed by atoms with van der Waals surface area (Å²) in [7, 11) is 0. The minimum Gasteiger partial charge on any atom is -0.490 e. The standard InChI is InChI=1S/C18H25NO7/c1-6-24-15-10-12(7-8-14(15)25-11(2)20)9-13(16(21)22)19-17(23)26-18(3,4)5/h7-8,10,13H,6,9H2,1-5H3,(H,19,23)(H,21,22). The summed E-state index contributed by atoms with van der Waals surface area (Å²) in [6, 6.07) is 3.52. The third kappa shape index (κ3) is 7.42. The molecule has 8 nitrogen and oxygen atoms in total. The number of rotatable bonds is 7. The fourth-order valence-corrected chi connectivity index (χ4v) is 2.07. The molecule has 8 heteroatoms. The molecule has 1 unspecified atom stereocenters. The molecule has 0 fully saturated rings. The van der Waals surface area contributed by atoms with Crippen LogP contribution >= 0.6 is 0 Å². The van der Waals surface area contributed by atoms with Crippen LogP contribution in [0.5, 0.6) is 11.5 Å². The Labute approximate surface area is 152 Å². The SMILES string of the molecule is CCOc1cc(CC(NC(=O)OC(C)(C)C)C(=O)O)ccc1OC(C)=O. The van der Waals surface area contributed by atoms with E-state index in [1.807, 2.05) is 0 Å². The predicted molar refractivity (Wildman–Crippen MR) is 93.4 cm³/mol. The number of carboxylic acids is 1. The Balaban J connectivity index is 2.94. The quantitative estimate of drug-likeness (QED) is 0.562. The van der Waals surface area contributed by atoms with Gasteiger partial charge in [-0.25, -0.2) is 9.59 Å². The molecule has 1 amide bonds. The number of ether oxygens (including phenoxy) is 3. The van der Waals surface area contributed by atoms with E-state index in [2.05, 4.69) is 5.32 Å². The van der Waals surface area contributed by atoms with Gasteiger partial charge < -0.3 is 24.6 Å². The number of aliphatic carboxylic acids is 1. The third-order valence-electron chi connectivity index (χ3n) is 2.99. The van der Waals surface area contributed by atoms with E-state index in [0.717, 1.165) is 0 Å². The van der Waals surface area contributed by atoms with Crippen LogP contribution in [0, 0.1) is 0 Å². The highest BCUT2D eigenvalue weighted by atomic mass is 16.6. The smallest absolute Gasteiger partial charge is 0.408 e. The summed E-state index contributed by atoms with van der Waals surface area (Å²) >= 11 is 0. The lowest BCUT2D eigenvalue weighted by Crippen LogP contribution is -2.44. The zero-order valence-electron chi connectivity index (χ0n) is 15.6. The topological polar surface area (TPSA) is 111 Å². The molecule has 0 aliphatic carbocycles. The Bertz CT molecular complexity index is 664. The average Bonchev–Trinajstić information content (AvgIpc) is 2.47. The number of esters is 1. The van der Waals surface area contributed by atoms with Gasteiger partial charge in [0.1, 0.15) is 11.6 Å². The largest absolute Gasteiger partial charge is 0.490 e. The Kier molecular flexibility index (Phi) is 7.42. The minimum atomic E-state index is -1.20. The lowest BCUT2D eigenvalue weighted by Gasteiger charge is -2.22.